The molecule has 0 fully saturated rings. The minimum Gasteiger partial charge on any atom is -0.390 e. The molecule has 0 bridgehead atoms. The summed E-state index contributed by atoms with van der Waals surface area (Å²) in [6.07, 6.45) is 0. The van der Waals surface area contributed by atoms with Gasteiger partial charge in [-0.3, -0.25) is 0 Å². The van der Waals surface area contributed by atoms with Crippen molar-refractivity contribution in [2.24, 2.45) is 0 Å². The molecular formula is C20H21N5OS2. The number of thiazole rings is 1. The molecule has 0 aliphatic rings. The number of fused-ring (bicyclic) bond motifs is 1. The summed E-state index contributed by atoms with van der Waals surface area (Å²) in [6, 6.07) is 10.3. The molecule has 0 spiro atoms. The molecule has 144 valence electrons. The Kier molecular flexibility index (Phi) is 5.63. The lowest BCUT2D eigenvalue weighted by Gasteiger charge is -2.12. The number of aliphatic hydroxyl groups is 1. The van der Waals surface area contributed by atoms with Crippen LogP contribution in [0, 0.1) is 0 Å². The number of anilines is 1. The Balaban J connectivity index is 1.74. The van der Waals surface area contributed by atoms with E-state index in [9.17, 15) is 5.11 Å². The van der Waals surface area contributed by atoms with Crippen molar-refractivity contribution < 1.29 is 5.11 Å². The van der Waals surface area contributed by atoms with Gasteiger partial charge in [-0.1, -0.05) is 30.3 Å². The monoisotopic (exact) mass is 411 g/mol. The molecule has 0 aliphatic carbocycles. The second-order valence-electron chi connectivity index (χ2n) is 6.67. The third-order valence-corrected chi connectivity index (χ3v) is 5.96. The van der Waals surface area contributed by atoms with Gasteiger partial charge in [0.05, 0.1) is 30.8 Å². The maximum atomic E-state index is 9.23. The fraction of sp³-hybridized carbons (Fsp3) is 0.250. The van der Waals surface area contributed by atoms with Crippen LogP contribution in [0.3, 0.4) is 0 Å². The molecule has 8 heteroatoms. The van der Waals surface area contributed by atoms with E-state index >= 15 is 0 Å². The Morgan fingerprint density at radius 2 is 1.86 bits per heavy atom. The number of aromatic nitrogens is 3. The minimum atomic E-state index is -0.0378. The van der Waals surface area contributed by atoms with Crippen LogP contribution in [0.5, 0.6) is 0 Å². The second-order valence-corrected chi connectivity index (χ2v) is 8.47. The van der Waals surface area contributed by atoms with Crippen LogP contribution in [-0.4, -0.2) is 39.1 Å². The lowest BCUT2D eigenvalue weighted by Crippen LogP contribution is -2.14. The maximum absolute atomic E-state index is 9.23. The SMILES string of the molecule is CN(C)Cc1nc(NCc2nc(CO)cs2)c2c(-c3ccccc3)csc2n1. The van der Waals surface area contributed by atoms with Crippen molar-refractivity contribution in [2.75, 3.05) is 19.4 Å². The largest absolute Gasteiger partial charge is 0.390 e. The fourth-order valence-electron chi connectivity index (χ4n) is 2.96. The number of hydrogen-bond acceptors (Lipinski definition) is 8. The molecule has 0 amide bonds. The molecule has 3 aromatic heterocycles. The molecule has 2 N–H and O–H groups in total. The fourth-order valence-corrected chi connectivity index (χ4v) is 4.65. The van der Waals surface area contributed by atoms with E-state index in [0.29, 0.717) is 18.8 Å². The highest BCUT2D eigenvalue weighted by molar-refractivity contribution is 7.17. The van der Waals surface area contributed by atoms with Crippen molar-refractivity contribution in [1.82, 2.24) is 19.9 Å². The Morgan fingerprint density at radius 3 is 2.57 bits per heavy atom. The minimum absolute atomic E-state index is 0.0378. The van der Waals surface area contributed by atoms with E-state index in [1.54, 1.807) is 11.3 Å². The Bertz CT molecular complexity index is 1070. The zero-order chi connectivity index (χ0) is 19.5. The highest BCUT2D eigenvalue weighted by Crippen LogP contribution is 2.37. The first-order valence-corrected chi connectivity index (χ1v) is 10.7. The van der Waals surface area contributed by atoms with Crippen molar-refractivity contribution in [3.8, 4) is 11.1 Å². The van der Waals surface area contributed by atoms with Crippen LogP contribution >= 0.6 is 22.7 Å². The van der Waals surface area contributed by atoms with E-state index in [1.807, 2.05) is 37.7 Å². The van der Waals surface area contributed by atoms with E-state index in [1.165, 1.54) is 11.3 Å². The van der Waals surface area contributed by atoms with Crippen LogP contribution in [0.15, 0.2) is 41.1 Å². The Hall–Kier alpha value is -2.39. The summed E-state index contributed by atoms with van der Waals surface area (Å²) in [5.41, 5.74) is 2.98. The summed E-state index contributed by atoms with van der Waals surface area (Å²) in [5.74, 6) is 1.61. The van der Waals surface area contributed by atoms with Crippen LogP contribution in [0.1, 0.15) is 16.5 Å². The van der Waals surface area contributed by atoms with Crippen molar-refractivity contribution in [3.63, 3.8) is 0 Å². The first-order valence-electron chi connectivity index (χ1n) is 8.90. The first kappa shape index (κ1) is 18.9. The standard InChI is InChI=1S/C20H21N5OS2/c1-25(2)9-16-23-19(21-8-17-22-14(10-26)11-27-17)18-15(12-28-20(18)24-16)13-6-4-3-5-7-13/h3-7,11-12,26H,8-10H2,1-2H3,(H,21,23,24). The van der Waals surface area contributed by atoms with Gasteiger partial charge in [0.1, 0.15) is 21.5 Å². The quantitative estimate of drug-likeness (QED) is 0.479. The van der Waals surface area contributed by atoms with Gasteiger partial charge < -0.3 is 15.3 Å². The van der Waals surface area contributed by atoms with Crippen LogP contribution < -0.4 is 5.32 Å². The molecule has 3 heterocycles. The zero-order valence-electron chi connectivity index (χ0n) is 15.7. The predicted octanol–water partition coefficient (Wildman–Crippen LogP) is 3.98. The van der Waals surface area contributed by atoms with Crippen molar-refractivity contribution in [3.05, 3.63) is 57.6 Å². The summed E-state index contributed by atoms with van der Waals surface area (Å²) in [7, 11) is 4.02. The average Bonchev–Trinajstić information content (AvgIpc) is 3.33. The summed E-state index contributed by atoms with van der Waals surface area (Å²) < 4.78 is 0. The summed E-state index contributed by atoms with van der Waals surface area (Å²) in [5, 5.41) is 18.7. The molecule has 0 radical (unpaired) electrons. The summed E-state index contributed by atoms with van der Waals surface area (Å²) >= 11 is 3.17. The molecule has 4 rings (SSSR count). The molecule has 0 saturated heterocycles. The number of nitrogens with zero attached hydrogens (tertiary/aromatic N) is 4. The molecule has 28 heavy (non-hydrogen) atoms. The van der Waals surface area contributed by atoms with Gasteiger partial charge in [-0.2, -0.15) is 0 Å². The van der Waals surface area contributed by atoms with E-state index in [0.717, 1.165) is 38.0 Å². The summed E-state index contributed by atoms with van der Waals surface area (Å²) in [6.45, 7) is 1.20. The number of hydrogen-bond donors (Lipinski definition) is 2. The van der Waals surface area contributed by atoms with E-state index < -0.39 is 0 Å². The number of nitrogens with one attached hydrogen (secondary N) is 1. The highest BCUT2D eigenvalue weighted by Gasteiger charge is 2.16. The summed E-state index contributed by atoms with van der Waals surface area (Å²) in [4.78, 5) is 17.0. The number of benzene rings is 1. The smallest absolute Gasteiger partial charge is 0.146 e. The third kappa shape index (κ3) is 4.05. The van der Waals surface area contributed by atoms with E-state index in [4.69, 9.17) is 9.97 Å². The van der Waals surface area contributed by atoms with Crippen molar-refractivity contribution >= 4 is 38.7 Å². The average molecular weight is 412 g/mol. The van der Waals surface area contributed by atoms with Crippen molar-refractivity contribution in [1.29, 1.82) is 0 Å². The molecule has 0 aliphatic heterocycles. The Labute approximate surface area is 171 Å². The van der Waals surface area contributed by atoms with E-state index in [-0.39, 0.29) is 6.61 Å². The van der Waals surface area contributed by atoms with E-state index in [2.05, 4.69) is 32.7 Å². The van der Waals surface area contributed by atoms with Gasteiger partial charge in [0.25, 0.3) is 0 Å². The van der Waals surface area contributed by atoms with Gasteiger partial charge in [-0.15, -0.1) is 22.7 Å². The first-order chi connectivity index (χ1) is 13.6. The Morgan fingerprint density at radius 1 is 1.04 bits per heavy atom. The predicted molar refractivity (Wildman–Crippen MR) is 116 cm³/mol. The van der Waals surface area contributed by atoms with Gasteiger partial charge in [0.2, 0.25) is 0 Å². The molecular weight excluding hydrogens is 390 g/mol. The normalized spacial score (nSPS) is 11.4. The van der Waals surface area contributed by atoms with Crippen LogP contribution in [0.4, 0.5) is 5.82 Å². The second kappa shape index (κ2) is 8.32. The topological polar surface area (TPSA) is 74.2 Å². The number of rotatable bonds is 7. The number of thiophene rings is 1. The molecule has 6 nitrogen and oxygen atoms in total. The molecule has 4 aromatic rings. The molecule has 0 atom stereocenters. The van der Waals surface area contributed by atoms with Gasteiger partial charge in [-0.05, 0) is 19.7 Å². The van der Waals surface area contributed by atoms with Gasteiger partial charge >= 0.3 is 0 Å². The van der Waals surface area contributed by atoms with Crippen LogP contribution in [-0.2, 0) is 19.7 Å². The molecule has 0 unspecified atom stereocenters. The third-order valence-electron chi connectivity index (χ3n) is 4.19. The van der Waals surface area contributed by atoms with Crippen LogP contribution in [0.2, 0.25) is 0 Å². The van der Waals surface area contributed by atoms with Gasteiger partial charge in [0.15, 0.2) is 0 Å². The lowest BCUT2D eigenvalue weighted by atomic mass is 10.1. The highest BCUT2D eigenvalue weighted by atomic mass is 32.1. The maximum Gasteiger partial charge on any atom is 0.146 e. The zero-order valence-corrected chi connectivity index (χ0v) is 17.3. The van der Waals surface area contributed by atoms with Crippen LogP contribution in [0.25, 0.3) is 21.3 Å². The van der Waals surface area contributed by atoms with Gasteiger partial charge in [0, 0.05) is 16.3 Å². The lowest BCUT2D eigenvalue weighted by molar-refractivity contribution is 0.277. The van der Waals surface area contributed by atoms with Crippen molar-refractivity contribution in [2.45, 2.75) is 19.7 Å². The molecule has 0 saturated carbocycles. The van der Waals surface area contributed by atoms with Gasteiger partial charge in [-0.25, -0.2) is 15.0 Å². The molecule has 1 aromatic carbocycles. The number of aliphatic hydroxyl groups excluding tert-OH is 1.